The van der Waals surface area contributed by atoms with E-state index in [0.717, 1.165) is 44.9 Å². The number of fused-ring (bicyclic) bond motifs is 3. The number of nitrogens with zero attached hydrogens (tertiary/aromatic N) is 3. The molecule has 1 aliphatic carbocycles. The number of amides is 1. The van der Waals surface area contributed by atoms with E-state index in [2.05, 4.69) is 133 Å². The van der Waals surface area contributed by atoms with Crippen molar-refractivity contribution in [2.45, 2.75) is 51.3 Å². The maximum atomic E-state index is 14.4. The van der Waals surface area contributed by atoms with Gasteiger partial charge >= 0.3 is 5.91 Å². The summed E-state index contributed by atoms with van der Waals surface area (Å²) in [6.07, 6.45) is 9.41. The zero-order valence-electron chi connectivity index (χ0n) is 29.0. The molecule has 0 atom stereocenters. The summed E-state index contributed by atoms with van der Waals surface area (Å²) in [7, 11) is 0. The highest BCUT2D eigenvalue weighted by atomic mass is 127. The van der Waals surface area contributed by atoms with Crippen LogP contribution in [-0.4, -0.2) is 40.1 Å². The molecule has 0 fully saturated rings. The monoisotopic (exact) mass is 857 g/mol. The lowest BCUT2D eigenvalue weighted by molar-refractivity contribution is -0.435. The summed E-state index contributed by atoms with van der Waals surface area (Å²) in [6.45, 7) is 8.83. The van der Waals surface area contributed by atoms with Gasteiger partial charge in [-0.25, -0.2) is 4.79 Å². The summed E-state index contributed by atoms with van der Waals surface area (Å²) >= 11 is 7.02. The van der Waals surface area contributed by atoms with Gasteiger partial charge in [-0.15, -0.1) is 11.3 Å². The van der Waals surface area contributed by atoms with Crippen molar-refractivity contribution in [2.75, 3.05) is 24.5 Å². The molecular formula is C42H40IN3OS4. The molecule has 4 aliphatic rings. The van der Waals surface area contributed by atoms with Crippen molar-refractivity contribution in [1.29, 1.82) is 0 Å². The van der Waals surface area contributed by atoms with E-state index in [0.29, 0.717) is 6.54 Å². The van der Waals surface area contributed by atoms with E-state index in [1.807, 2.05) is 16.3 Å². The first kappa shape index (κ1) is 36.4. The molecule has 3 aliphatic heterocycles. The molecule has 0 N–H and O–H groups in total. The van der Waals surface area contributed by atoms with Gasteiger partial charge in [0.1, 0.15) is 4.91 Å². The minimum absolute atomic E-state index is 0. The molecule has 0 bridgehead atoms. The van der Waals surface area contributed by atoms with Crippen molar-refractivity contribution in [1.82, 2.24) is 4.90 Å². The molecule has 0 saturated carbocycles. The Morgan fingerprint density at radius 1 is 0.784 bits per heavy atom. The minimum atomic E-state index is 0. The highest BCUT2D eigenvalue weighted by molar-refractivity contribution is 8.19. The number of thiophene rings is 1. The fraction of sp³-hybridized carbons (Fsp3) is 0.238. The predicted octanol–water partition coefficient (Wildman–Crippen LogP) is 7.96. The van der Waals surface area contributed by atoms with E-state index in [-0.39, 0.29) is 29.9 Å². The number of hydrogen-bond donors (Lipinski definition) is 0. The van der Waals surface area contributed by atoms with Crippen LogP contribution in [0, 0.1) is 0 Å². The van der Waals surface area contributed by atoms with E-state index >= 15 is 0 Å². The van der Waals surface area contributed by atoms with Crippen molar-refractivity contribution < 1.29 is 33.3 Å². The summed E-state index contributed by atoms with van der Waals surface area (Å²) in [4.78, 5) is 23.9. The fourth-order valence-corrected chi connectivity index (χ4v) is 12.0. The number of hydrogen-bond acceptors (Lipinski definition) is 7. The molecular weight excluding hydrogens is 818 g/mol. The van der Waals surface area contributed by atoms with Crippen molar-refractivity contribution in [2.24, 2.45) is 0 Å². The van der Waals surface area contributed by atoms with Gasteiger partial charge in [0.15, 0.2) is 6.54 Å². The number of aryl methyl sites for hydroxylation is 1. The van der Waals surface area contributed by atoms with Crippen LogP contribution in [-0.2, 0) is 17.6 Å². The maximum absolute atomic E-state index is 14.4. The second-order valence-electron chi connectivity index (χ2n) is 12.5. The van der Waals surface area contributed by atoms with Gasteiger partial charge in [0.25, 0.3) is 5.04 Å². The van der Waals surface area contributed by atoms with Crippen molar-refractivity contribution in [3.63, 3.8) is 0 Å². The van der Waals surface area contributed by atoms with Crippen LogP contribution < -0.4 is 28.9 Å². The van der Waals surface area contributed by atoms with E-state index in [1.54, 1.807) is 34.9 Å². The molecule has 4 heterocycles. The lowest BCUT2D eigenvalue weighted by Crippen LogP contribution is -3.00. The van der Waals surface area contributed by atoms with Gasteiger partial charge < -0.3 is 33.8 Å². The number of allylic oxidation sites excluding steroid dienone is 2. The quantitative estimate of drug-likeness (QED) is 0.102. The first-order valence-corrected chi connectivity index (χ1v) is 20.9. The third-order valence-corrected chi connectivity index (χ3v) is 14.1. The van der Waals surface area contributed by atoms with Crippen LogP contribution in [0.1, 0.15) is 60.7 Å². The zero-order valence-corrected chi connectivity index (χ0v) is 34.4. The SMILES string of the molecule is CCN1C(=CC2=[N+](CC)C(=O)/C(=C(\C=C3/Sc4c(ccc5c4CCCC5)N3CC)c3cccs3)S2)SC(c2ccccc2)=C1c1ccccc1.[I-]. The number of carbonyl (C=O) groups is 1. The highest BCUT2D eigenvalue weighted by Gasteiger charge is 2.41. The average Bonchev–Trinajstić information content (AvgIpc) is 3.96. The van der Waals surface area contributed by atoms with E-state index in [1.165, 1.54) is 67.7 Å². The average molecular weight is 858 g/mol. The van der Waals surface area contributed by atoms with Crippen LogP contribution in [0.2, 0.25) is 0 Å². The summed E-state index contributed by atoms with van der Waals surface area (Å²) in [6, 6.07) is 30.3. The summed E-state index contributed by atoms with van der Waals surface area (Å²) in [5, 5.41) is 5.43. The van der Waals surface area contributed by atoms with Gasteiger partial charge in [0, 0.05) is 39.4 Å². The van der Waals surface area contributed by atoms with Crippen molar-refractivity contribution in [3.8, 4) is 0 Å². The van der Waals surface area contributed by atoms with Gasteiger partial charge in [-0.2, -0.15) is 4.58 Å². The van der Waals surface area contributed by atoms with Gasteiger partial charge in [0.2, 0.25) is 0 Å². The molecule has 3 aromatic carbocycles. The molecule has 1 aromatic heterocycles. The summed E-state index contributed by atoms with van der Waals surface area (Å²) in [5.41, 5.74) is 8.98. The number of likely N-dealkylation sites (N-methyl/N-ethyl adjacent to an activating group) is 1. The molecule has 0 spiro atoms. The lowest BCUT2D eigenvalue weighted by atomic mass is 9.91. The van der Waals surface area contributed by atoms with Crippen LogP contribution >= 0.6 is 46.6 Å². The molecule has 4 aromatic rings. The number of halogens is 1. The molecule has 4 nitrogen and oxygen atoms in total. The third kappa shape index (κ3) is 6.85. The number of rotatable bonds is 8. The standard InChI is InChI=1S/C42H40N3OS4.HI/c1-4-43-33-24-23-28-16-13-14-21-31(28)40(33)49-35(43)26-32(34-22-15-25-47-34)41-42(46)45(6-3)37(50-41)27-36-44(5-2)38(29-17-9-7-10-18-29)39(48-36)30-19-11-8-12-20-30;/h7-12,15,17-20,22-27H,4-6,13-14,16,21H2,1-3H3;1H/q+1;/p-1/b35-26-,41-32-;. The third-order valence-electron chi connectivity index (χ3n) is 9.67. The van der Waals surface area contributed by atoms with Crippen molar-refractivity contribution in [3.05, 3.63) is 145 Å². The highest BCUT2D eigenvalue weighted by Crippen LogP contribution is 2.53. The van der Waals surface area contributed by atoms with Crippen LogP contribution in [0.4, 0.5) is 5.69 Å². The first-order chi connectivity index (χ1) is 24.6. The molecule has 0 saturated heterocycles. The smallest absolute Gasteiger partial charge is 0.427 e. The van der Waals surface area contributed by atoms with Gasteiger partial charge in [0.05, 0.1) is 21.4 Å². The van der Waals surface area contributed by atoms with Crippen LogP contribution in [0.3, 0.4) is 0 Å². The Balaban J connectivity index is 0.00000406. The molecule has 51 heavy (non-hydrogen) atoms. The van der Waals surface area contributed by atoms with Crippen molar-refractivity contribution >= 4 is 79.4 Å². The summed E-state index contributed by atoms with van der Waals surface area (Å²) < 4.78 is 1.96. The second kappa shape index (κ2) is 16.0. The minimum Gasteiger partial charge on any atom is -1.00 e. The Morgan fingerprint density at radius 3 is 2.20 bits per heavy atom. The Kier molecular flexibility index (Phi) is 11.4. The number of benzene rings is 3. The Labute approximate surface area is 335 Å². The lowest BCUT2D eigenvalue weighted by Gasteiger charge is -2.21. The Hall–Kier alpha value is -2.96. The summed E-state index contributed by atoms with van der Waals surface area (Å²) in [5.74, 6) is 0.0797. The molecule has 8 rings (SSSR count). The van der Waals surface area contributed by atoms with Gasteiger partial charge in [-0.05, 0) is 104 Å². The molecule has 9 heteroatoms. The number of carbonyl (C=O) groups excluding carboxylic acids is 1. The van der Waals surface area contributed by atoms with E-state index in [4.69, 9.17) is 0 Å². The largest absolute Gasteiger partial charge is 1.00 e. The Morgan fingerprint density at radius 2 is 1.51 bits per heavy atom. The number of thioether (sulfide) groups is 3. The van der Waals surface area contributed by atoms with E-state index in [9.17, 15) is 4.79 Å². The van der Waals surface area contributed by atoms with Crippen LogP contribution in [0.5, 0.6) is 0 Å². The van der Waals surface area contributed by atoms with Crippen LogP contribution in [0.15, 0.2) is 122 Å². The fourth-order valence-electron chi connectivity index (χ4n) is 7.26. The number of anilines is 1. The first-order valence-electron chi connectivity index (χ1n) is 17.6. The zero-order chi connectivity index (χ0) is 34.2. The normalized spacial score (nSPS) is 19.7. The maximum Gasteiger partial charge on any atom is 0.427 e. The van der Waals surface area contributed by atoms with Gasteiger partial charge in [-0.1, -0.05) is 96.3 Å². The molecule has 260 valence electrons. The molecule has 1 amide bonds. The van der Waals surface area contributed by atoms with Gasteiger partial charge in [-0.3, -0.25) is 0 Å². The topological polar surface area (TPSA) is 26.6 Å². The second-order valence-corrected chi connectivity index (χ2v) is 16.6. The van der Waals surface area contributed by atoms with Crippen LogP contribution in [0.25, 0.3) is 16.2 Å². The Bertz CT molecular complexity index is 2120. The molecule has 0 radical (unpaired) electrons. The predicted molar refractivity (Wildman–Crippen MR) is 217 cm³/mol. The van der Waals surface area contributed by atoms with E-state index < -0.39 is 0 Å². The molecule has 0 unspecified atom stereocenters.